The summed E-state index contributed by atoms with van der Waals surface area (Å²) >= 11 is 0. The Bertz CT molecular complexity index is 201. The van der Waals surface area contributed by atoms with E-state index in [1.165, 1.54) is 0 Å². The van der Waals surface area contributed by atoms with E-state index in [-0.39, 0.29) is 21.1 Å². The van der Waals surface area contributed by atoms with Crippen LogP contribution >= 0.6 is 0 Å². The van der Waals surface area contributed by atoms with E-state index < -0.39 is 5.91 Å². The van der Waals surface area contributed by atoms with Crippen molar-refractivity contribution in [2.45, 2.75) is 24.8 Å². The maximum Gasteiger partial charge on any atom is 0.317 e. The largest absolute Gasteiger partial charge is 0.372 e. The second-order valence-electron chi connectivity index (χ2n) is 3.45. The molecule has 1 saturated heterocycles. The van der Waals surface area contributed by atoms with Crippen LogP contribution in [0.15, 0.2) is 0 Å². The summed E-state index contributed by atoms with van der Waals surface area (Å²) < 4.78 is 0. The molecular formula is C8H16N2O3Si. The third-order valence-electron chi connectivity index (χ3n) is 2.21. The highest BCUT2D eigenvalue weighted by Crippen LogP contribution is 2.10. The molecule has 0 aliphatic carbocycles. The van der Waals surface area contributed by atoms with Crippen LogP contribution in [-0.4, -0.2) is 56.2 Å². The van der Waals surface area contributed by atoms with E-state index in [0.29, 0.717) is 6.54 Å². The number of amides is 2. The predicted octanol–water partition coefficient (Wildman–Crippen LogP) is -0.817. The van der Waals surface area contributed by atoms with Crippen LogP contribution < -0.4 is 5.32 Å². The van der Waals surface area contributed by atoms with Crippen molar-refractivity contribution in [3.63, 3.8) is 0 Å². The van der Waals surface area contributed by atoms with E-state index in [1.54, 1.807) is 4.90 Å². The molecule has 5 nitrogen and oxygen atoms in total. The number of carbonyl (C=O) groups excluding carboxylic acids is 1. The number of hydrogen-bond donors (Lipinski definition) is 3. The Labute approximate surface area is 85.9 Å². The standard InChI is InChI=1S/C8H16N2O3Si/c1-6(14-8(12)13)2-4-10-5-3-9-7(10)11/h6,8,12-13H,2-5H2,1H3,(H,9,11). The van der Waals surface area contributed by atoms with Gasteiger partial charge >= 0.3 is 6.03 Å². The zero-order valence-corrected chi connectivity index (χ0v) is 9.23. The van der Waals surface area contributed by atoms with E-state index in [4.69, 9.17) is 10.2 Å². The molecule has 1 heterocycles. The summed E-state index contributed by atoms with van der Waals surface area (Å²) in [5.41, 5.74) is 0.253. The second-order valence-corrected chi connectivity index (χ2v) is 5.28. The Morgan fingerprint density at radius 3 is 2.86 bits per heavy atom. The van der Waals surface area contributed by atoms with Crippen LogP contribution in [0.4, 0.5) is 4.79 Å². The van der Waals surface area contributed by atoms with Gasteiger partial charge in [-0.2, -0.15) is 0 Å². The molecule has 1 fully saturated rings. The number of aliphatic hydroxyl groups is 2. The Morgan fingerprint density at radius 1 is 1.64 bits per heavy atom. The maximum atomic E-state index is 11.1. The molecule has 80 valence electrons. The first kappa shape index (κ1) is 11.5. The minimum atomic E-state index is -1.21. The molecule has 2 amide bonds. The van der Waals surface area contributed by atoms with Gasteiger partial charge in [-0.15, -0.1) is 0 Å². The monoisotopic (exact) mass is 216 g/mol. The van der Waals surface area contributed by atoms with Gasteiger partial charge in [0.2, 0.25) is 0 Å². The van der Waals surface area contributed by atoms with Crippen LogP contribution in [0.1, 0.15) is 13.3 Å². The van der Waals surface area contributed by atoms with Crippen molar-refractivity contribution in [3.05, 3.63) is 0 Å². The first-order valence-electron chi connectivity index (χ1n) is 4.74. The SMILES string of the molecule is CC(CCN1CCNC1=O)[Si]C(O)O. The fourth-order valence-electron chi connectivity index (χ4n) is 1.41. The van der Waals surface area contributed by atoms with Gasteiger partial charge in [0, 0.05) is 19.6 Å². The number of urea groups is 1. The summed E-state index contributed by atoms with van der Waals surface area (Å²) in [7, 11) is 0.130. The minimum Gasteiger partial charge on any atom is -0.372 e. The third kappa shape index (κ3) is 3.65. The Hall–Kier alpha value is -0.593. The highest BCUT2D eigenvalue weighted by atomic mass is 28.2. The lowest BCUT2D eigenvalue weighted by Gasteiger charge is -2.17. The zero-order chi connectivity index (χ0) is 10.6. The normalized spacial score (nSPS) is 18.9. The van der Waals surface area contributed by atoms with Crippen molar-refractivity contribution in [3.8, 4) is 0 Å². The summed E-state index contributed by atoms with van der Waals surface area (Å²) in [5, 5.41) is 20.2. The minimum absolute atomic E-state index is 0.00918. The third-order valence-corrected chi connectivity index (χ3v) is 3.37. The summed E-state index contributed by atoms with van der Waals surface area (Å²) in [4.78, 5) is 12.9. The van der Waals surface area contributed by atoms with Crippen molar-refractivity contribution in [1.82, 2.24) is 10.2 Å². The van der Waals surface area contributed by atoms with Gasteiger partial charge in [-0.25, -0.2) is 4.79 Å². The average Bonchev–Trinajstić information content (AvgIpc) is 2.46. The number of rotatable bonds is 5. The first-order valence-corrected chi connectivity index (χ1v) is 5.90. The van der Waals surface area contributed by atoms with E-state index in [2.05, 4.69) is 5.32 Å². The molecule has 3 N–H and O–H groups in total. The highest BCUT2D eigenvalue weighted by Gasteiger charge is 2.20. The molecule has 6 heteroatoms. The molecule has 0 aromatic rings. The Kier molecular flexibility index (Phi) is 4.37. The molecule has 1 unspecified atom stereocenters. The smallest absolute Gasteiger partial charge is 0.317 e. The van der Waals surface area contributed by atoms with E-state index in [9.17, 15) is 4.79 Å². The van der Waals surface area contributed by atoms with Crippen molar-refractivity contribution in [2.75, 3.05) is 19.6 Å². The zero-order valence-electron chi connectivity index (χ0n) is 8.23. The molecular weight excluding hydrogens is 200 g/mol. The summed E-state index contributed by atoms with van der Waals surface area (Å²) in [5.74, 6) is -1.21. The molecule has 1 atom stereocenters. The molecule has 0 spiro atoms. The Morgan fingerprint density at radius 2 is 2.36 bits per heavy atom. The van der Waals surface area contributed by atoms with Gasteiger partial charge in [0.25, 0.3) is 0 Å². The van der Waals surface area contributed by atoms with Crippen molar-refractivity contribution in [1.29, 1.82) is 0 Å². The number of aliphatic hydroxyl groups excluding tert-OH is 1. The number of nitrogens with one attached hydrogen (secondary N) is 1. The lowest BCUT2D eigenvalue weighted by molar-refractivity contribution is 0.0280. The van der Waals surface area contributed by atoms with Crippen molar-refractivity contribution >= 4 is 15.6 Å². The first-order chi connectivity index (χ1) is 6.59. The lowest BCUT2D eigenvalue weighted by Crippen LogP contribution is -2.30. The van der Waals surface area contributed by atoms with Gasteiger partial charge in [-0.1, -0.05) is 6.92 Å². The summed E-state index contributed by atoms with van der Waals surface area (Å²) in [6, 6.07) is -0.00918. The van der Waals surface area contributed by atoms with Gasteiger partial charge in [0.05, 0.1) is 0 Å². The van der Waals surface area contributed by atoms with Crippen LogP contribution in [0.3, 0.4) is 0 Å². The Balaban J connectivity index is 2.16. The predicted molar refractivity (Wildman–Crippen MR) is 53.0 cm³/mol. The number of carbonyl (C=O) groups is 1. The van der Waals surface area contributed by atoms with Gasteiger partial charge in [0.1, 0.15) is 15.4 Å². The molecule has 1 aliphatic heterocycles. The average molecular weight is 216 g/mol. The molecule has 0 aromatic heterocycles. The van der Waals surface area contributed by atoms with Crippen LogP contribution in [0.2, 0.25) is 5.54 Å². The molecule has 1 rings (SSSR count). The molecule has 0 saturated carbocycles. The molecule has 0 bridgehead atoms. The van der Waals surface area contributed by atoms with E-state index in [0.717, 1.165) is 19.5 Å². The molecule has 0 aromatic carbocycles. The molecule has 1 aliphatic rings. The van der Waals surface area contributed by atoms with Crippen molar-refractivity contribution < 1.29 is 15.0 Å². The van der Waals surface area contributed by atoms with Gasteiger partial charge in [0.15, 0.2) is 0 Å². The summed E-state index contributed by atoms with van der Waals surface area (Å²) in [6.07, 6.45) is 0.823. The number of nitrogens with zero attached hydrogens (tertiary/aromatic N) is 1. The highest BCUT2D eigenvalue weighted by molar-refractivity contribution is 6.38. The second kappa shape index (κ2) is 5.33. The van der Waals surface area contributed by atoms with Gasteiger partial charge < -0.3 is 20.4 Å². The van der Waals surface area contributed by atoms with Crippen LogP contribution in [0.25, 0.3) is 0 Å². The molecule has 2 radical (unpaired) electrons. The van der Waals surface area contributed by atoms with Crippen LogP contribution in [0, 0.1) is 0 Å². The fourth-order valence-corrected chi connectivity index (χ4v) is 2.22. The summed E-state index contributed by atoms with van der Waals surface area (Å²) in [6.45, 7) is 4.15. The lowest BCUT2D eigenvalue weighted by atomic mass is 10.3. The quantitative estimate of drug-likeness (QED) is 0.415. The van der Waals surface area contributed by atoms with Crippen LogP contribution in [-0.2, 0) is 0 Å². The van der Waals surface area contributed by atoms with Crippen molar-refractivity contribution in [2.24, 2.45) is 0 Å². The van der Waals surface area contributed by atoms with E-state index in [1.807, 2.05) is 6.92 Å². The van der Waals surface area contributed by atoms with Gasteiger partial charge in [-0.3, -0.25) is 0 Å². The topological polar surface area (TPSA) is 72.8 Å². The van der Waals surface area contributed by atoms with E-state index >= 15 is 0 Å². The maximum absolute atomic E-state index is 11.1. The fraction of sp³-hybridized carbons (Fsp3) is 0.875. The van der Waals surface area contributed by atoms with Gasteiger partial charge in [-0.05, 0) is 12.0 Å². The molecule has 14 heavy (non-hydrogen) atoms. The van der Waals surface area contributed by atoms with Crippen LogP contribution in [0.5, 0.6) is 0 Å². The number of hydrogen-bond acceptors (Lipinski definition) is 3.